The van der Waals surface area contributed by atoms with E-state index in [1.807, 2.05) is 0 Å². The summed E-state index contributed by atoms with van der Waals surface area (Å²) in [6, 6.07) is 1.22. The minimum Gasteiger partial charge on any atom is -0.388 e. The molecular weight excluding hydrogens is 281 g/mol. The molecule has 108 valence electrons. The van der Waals surface area contributed by atoms with Crippen molar-refractivity contribution in [2.45, 2.75) is 31.3 Å². The van der Waals surface area contributed by atoms with Crippen LogP contribution in [0.15, 0.2) is 18.2 Å². The molecule has 19 heavy (non-hydrogen) atoms. The summed E-state index contributed by atoms with van der Waals surface area (Å²) in [5.74, 6) is -1.27. The average Bonchev–Trinajstić information content (AvgIpc) is 2.22. The molecule has 0 amide bonds. The third-order valence-electron chi connectivity index (χ3n) is 2.33. The molecule has 0 aliphatic carbocycles. The highest BCUT2D eigenvalue weighted by molar-refractivity contribution is 5.28. The van der Waals surface area contributed by atoms with Gasteiger partial charge in [0.25, 0.3) is 0 Å². The molecule has 0 saturated carbocycles. The first kappa shape index (κ1) is 15.7. The van der Waals surface area contributed by atoms with Crippen molar-refractivity contribution in [1.82, 2.24) is 0 Å². The quantitative estimate of drug-likeness (QED) is 0.826. The Morgan fingerprint density at radius 3 is 2.05 bits per heavy atom. The number of aliphatic hydroxyl groups excluding tert-OH is 1. The first-order valence-corrected chi connectivity index (χ1v) is 5.11. The van der Waals surface area contributed by atoms with Crippen molar-refractivity contribution in [3.05, 3.63) is 35.1 Å². The van der Waals surface area contributed by atoms with Crippen molar-refractivity contribution in [3.8, 4) is 0 Å². The van der Waals surface area contributed by atoms with Crippen LogP contribution in [0.3, 0.4) is 0 Å². The van der Waals surface area contributed by atoms with Gasteiger partial charge in [-0.3, -0.25) is 0 Å². The number of benzene rings is 1. The third kappa shape index (κ3) is 5.06. The van der Waals surface area contributed by atoms with Crippen LogP contribution in [0, 0.1) is 5.82 Å². The van der Waals surface area contributed by atoms with E-state index < -0.39 is 48.2 Å². The molecule has 0 fully saturated rings. The van der Waals surface area contributed by atoms with Crippen molar-refractivity contribution in [2.24, 2.45) is 0 Å². The molecule has 0 heterocycles. The molecular formula is C11H9F7O. The third-order valence-corrected chi connectivity index (χ3v) is 2.33. The van der Waals surface area contributed by atoms with Gasteiger partial charge < -0.3 is 5.11 Å². The van der Waals surface area contributed by atoms with Crippen LogP contribution in [0.4, 0.5) is 30.7 Å². The fraction of sp³-hybridized carbons (Fsp3) is 0.455. The SMILES string of the molecule is OC(CCC(F)(F)F)c1cc(F)cc(C(F)(F)F)c1. The van der Waals surface area contributed by atoms with E-state index in [0.717, 1.165) is 0 Å². The van der Waals surface area contributed by atoms with Gasteiger partial charge in [0.2, 0.25) is 0 Å². The van der Waals surface area contributed by atoms with E-state index in [2.05, 4.69) is 0 Å². The second-order valence-electron chi connectivity index (χ2n) is 3.94. The lowest BCUT2D eigenvalue weighted by atomic mass is 10.0. The van der Waals surface area contributed by atoms with Gasteiger partial charge in [-0.25, -0.2) is 4.39 Å². The Morgan fingerprint density at radius 2 is 1.58 bits per heavy atom. The summed E-state index contributed by atoms with van der Waals surface area (Å²) in [6.07, 6.45) is -13.4. The van der Waals surface area contributed by atoms with Crippen LogP contribution < -0.4 is 0 Å². The Hall–Kier alpha value is -1.31. The number of halogens is 7. The van der Waals surface area contributed by atoms with Gasteiger partial charge in [0, 0.05) is 6.42 Å². The van der Waals surface area contributed by atoms with E-state index >= 15 is 0 Å². The maximum absolute atomic E-state index is 13.0. The largest absolute Gasteiger partial charge is 0.416 e. The molecule has 0 spiro atoms. The van der Waals surface area contributed by atoms with Crippen molar-refractivity contribution >= 4 is 0 Å². The van der Waals surface area contributed by atoms with Crippen molar-refractivity contribution in [3.63, 3.8) is 0 Å². The summed E-state index contributed by atoms with van der Waals surface area (Å²) >= 11 is 0. The first-order chi connectivity index (χ1) is 8.49. The lowest BCUT2D eigenvalue weighted by Gasteiger charge is -2.15. The van der Waals surface area contributed by atoms with Gasteiger partial charge in [-0.05, 0) is 30.2 Å². The Bertz CT molecular complexity index is 436. The Balaban J connectivity index is 2.91. The Morgan fingerprint density at radius 1 is 1.00 bits per heavy atom. The van der Waals surface area contributed by atoms with E-state index in [4.69, 9.17) is 0 Å². The molecule has 1 nitrogen and oxygen atoms in total. The Kier molecular flexibility index (Phi) is 4.44. The zero-order chi connectivity index (χ0) is 14.8. The highest BCUT2D eigenvalue weighted by Crippen LogP contribution is 2.33. The van der Waals surface area contributed by atoms with Gasteiger partial charge in [-0.1, -0.05) is 0 Å². The molecule has 1 atom stereocenters. The maximum Gasteiger partial charge on any atom is 0.416 e. The molecule has 0 aliphatic rings. The molecule has 0 aromatic heterocycles. The summed E-state index contributed by atoms with van der Waals surface area (Å²) in [5.41, 5.74) is -1.88. The van der Waals surface area contributed by atoms with Crippen LogP contribution in [-0.4, -0.2) is 11.3 Å². The van der Waals surface area contributed by atoms with Gasteiger partial charge >= 0.3 is 12.4 Å². The van der Waals surface area contributed by atoms with Gasteiger partial charge in [0.1, 0.15) is 5.82 Å². The number of alkyl halides is 6. The number of aliphatic hydroxyl groups is 1. The van der Waals surface area contributed by atoms with Gasteiger partial charge in [0.05, 0.1) is 11.7 Å². The highest BCUT2D eigenvalue weighted by Gasteiger charge is 2.33. The van der Waals surface area contributed by atoms with Crippen LogP contribution >= 0.6 is 0 Å². The molecule has 0 saturated heterocycles. The van der Waals surface area contributed by atoms with Crippen molar-refractivity contribution < 1.29 is 35.8 Å². The smallest absolute Gasteiger partial charge is 0.388 e. The highest BCUT2D eigenvalue weighted by atomic mass is 19.4. The molecule has 1 aromatic carbocycles. The van der Waals surface area contributed by atoms with E-state index in [9.17, 15) is 35.8 Å². The molecule has 8 heteroatoms. The topological polar surface area (TPSA) is 20.2 Å². The lowest BCUT2D eigenvalue weighted by molar-refractivity contribution is -0.141. The molecule has 1 unspecified atom stereocenters. The summed E-state index contributed by atoms with van der Waals surface area (Å²) in [4.78, 5) is 0. The fourth-order valence-corrected chi connectivity index (χ4v) is 1.44. The second kappa shape index (κ2) is 5.36. The second-order valence-corrected chi connectivity index (χ2v) is 3.94. The normalized spacial score (nSPS) is 14.5. The minimum absolute atomic E-state index is 0.208. The monoisotopic (exact) mass is 290 g/mol. The van der Waals surface area contributed by atoms with E-state index in [-0.39, 0.29) is 6.07 Å². The number of hydrogen-bond acceptors (Lipinski definition) is 1. The van der Waals surface area contributed by atoms with Crippen LogP contribution in [-0.2, 0) is 6.18 Å². The van der Waals surface area contributed by atoms with Crippen LogP contribution in [0.1, 0.15) is 30.1 Å². The summed E-state index contributed by atoms with van der Waals surface area (Å²) in [6.45, 7) is 0. The van der Waals surface area contributed by atoms with Crippen LogP contribution in [0.2, 0.25) is 0 Å². The zero-order valence-corrected chi connectivity index (χ0v) is 9.32. The van der Waals surface area contributed by atoms with Crippen LogP contribution in [0.5, 0.6) is 0 Å². The molecule has 0 radical (unpaired) electrons. The van der Waals surface area contributed by atoms with E-state index in [0.29, 0.717) is 12.1 Å². The number of rotatable bonds is 3. The molecule has 1 N–H and O–H groups in total. The van der Waals surface area contributed by atoms with Crippen molar-refractivity contribution in [2.75, 3.05) is 0 Å². The van der Waals surface area contributed by atoms with Crippen molar-refractivity contribution in [1.29, 1.82) is 0 Å². The predicted molar refractivity (Wildman–Crippen MR) is 51.7 cm³/mol. The lowest BCUT2D eigenvalue weighted by Crippen LogP contribution is -2.11. The maximum atomic E-state index is 13.0. The summed E-state index contributed by atoms with van der Waals surface area (Å²) in [5, 5.41) is 9.36. The number of hydrogen-bond donors (Lipinski definition) is 1. The standard InChI is InChI=1S/C11H9F7O/c12-8-4-6(3-7(5-8)11(16,17)18)9(19)1-2-10(13,14)15/h3-5,9,19H,1-2H2. The van der Waals surface area contributed by atoms with Crippen LogP contribution in [0.25, 0.3) is 0 Å². The predicted octanol–water partition coefficient (Wildman–Crippen LogP) is 4.22. The first-order valence-electron chi connectivity index (χ1n) is 5.11. The molecule has 0 bridgehead atoms. The van der Waals surface area contributed by atoms with E-state index in [1.54, 1.807) is 0 Å². The molecule has 1 aromatic rings. The molecule has 1 rings (SSSR count). The van der Waals surface area contributed by atoms with E-state index in [1.165, 1.54) is 0 Å². The molecule has 0 aliphatic heterocycles. The Labute approximate surface area is 103 Å². The van der Waals surface area contributed by atoms with Gasteiger partial charge in [-0.15, -0.1) is 0 Å². The summed E-state index contributed by atoms with van der Waals surface area (Å²) in [7, 11) is 0. The van der Waals surface area contributed by atoms with Gasteiger partial charge in [0.15, 0.2) is 0 Å². The van der Waals surface area contributed by atoms with Gasteiger partial charge in [-0.2, -0.15) is 26.3 Å². The minimum atomic E-state index is -4.83. The zero-order valence-electron chi connectivity index (χ0n) is 9.32. The summed E-state index contributed by atoms with van der Waals surface area (Å²) < 4.78 is 85.8. The fourth-order valence-electron chi connectivity index (χ4n) is 1.44. The average molecular weight is 290 g/mol.